The minimum Gasteiger partial charge on any atom is -0.358 e. The predicted molar refractivity (Wildman–Crippen MR) is 71.2 cm³/mol. The zero-order valence-corrected chi connectivity index (χ0v) is 11.8. The molecule has 0 aromatic carbocycles. The van der Waals surface area contributed by atoms with Gasteiger partial charge >= 0.3 is 0 Å². The summed E-state index contributed by atoms with van der Waals surface area (Å²) in [5.41, 5.74) is 0. The summed E-state index contributed by atoms with van der Waals surface area (Å²) in [6.07, 6.45) is 2.42. The Morgan fingerprint density at radius 2 is 1.94 bits per heavy atom. The highest BCUT2D eigenvalue weighted by atomic mass is 32.1. The average molecular weight is 241 g/mol. The van der Waals surface area contributed by atoms with Crippen LogP contribution in [0.1, 0.15) is 59.2 Å². The van der Waals surface area contributed by atoms with Gasteiger partial charge in [0.25, 0.3) is 0 Å². The highest BCUT2D eigenvalue weighted by Crippen LogP contribution is 2.19. The first-order valence-electron chi connectivity index (χ1n) is 6.13. The van der Waals surface area contributed by atoms with Crippen molar-refractivity contribution in [2.24, 2.45) is 5.92 Å². The first-order valence-corrected chi connectivity index (χ1v) is 6.90. The molecule has 0 spiro atoms. The summed E-state index contributed by atoms with van der Waals surface area (Å²) in [5.74, 6) is 2.12. The third-order valence-electron chi connectivity index (χ3n) is 2.78. The van der Waals surface area contributed by atoms with E-state index in [0.717, 1.165) is 16.9 Å². The second-order valence-electron chi connectivity index (χ2n) is 4.91. The molecule has 1 N–H and O–H groups in total. The van der Waals surface area contributed by atoms with Gasteiger partial charge in [-0.3, -0.25) is 0 Å². The first kappa shape index (κ1) is 13.4. The van der Waals surface area contributed by atoms with E-state index >= 15 is 0 Å². The predicted octanol–water partition coefficient (Wildman–Crippen LogP) is 3.90. The lowest BCUT2D eigenvalue weighted by atomic mass is 10.0. The molecule has 0 amide bonds. The monoisotopic (exact) mass is 241 g/mol. The summed E-state index contributed by atoms with van der Waals surface area (Å²) in [7, 11) is 0. The van der Waals surface area contributed by atoms with Crippen molar-refractivity contribution in [3.8, 4) is 0 Å². The number of anilines is 1. The molecule has 3 nitrogen and oxygen atoms in total. The number of nitrogens with zero attached hydrogens (tertiary/aromatic N) is 2. The van der Waals surface area contributed by atoms with E-state index in [9.17, 15) is 0 Å². The minimum absolute atomic E-state index is 0.414. The summed E-state index contributed by atoms with van der Waals surface area (Å²) in [4.78, 5) is 4.48. The average Bonchev–Trinajstić information content (AvgIpc) is 2.65. The van der Waals surface area contributed by atoms with Crippen LogP contribution >= 0.6 is 11.5 Å². The maximum absolute atomic E-state index is 4.48. The van der Waals surface area contributed by atoms with Crippen LogP contribution in [0.3, 0.4) is 0 Å². The molecule has 1 rings (SSSR count). The quantitative estimate of drug-likeness (QED) is 0.821. The van der Waals surface area contributed by atoms with Crippen molar-refractivity contribution >= 4 is 16.7 Å². The van der Waals surface area contributed by atoms with Crippen molar-refractivity contribution in [2.75, 3.05) is 5.32 Å². The Morgan fingerprint density at radius 1 is 1.25 bits per heavy atom. The molecule has 16 heavy (non-hydrogen) atoms. The van der Waals surface area contributed by atoms with E-state index in [1.807, 2.05) is 0 Å². The standard InChI is InChI=1S/C12H23N3S/c1-6-9(4)7-10(5)13-12-14-11(8(2)3)15-16-12/h8-10H,6-7H2,1-5H3,(H,13,14,15). The van der Waals surface area contributed by atoms with E-state index in [4.69, 9.17) is 0 Å². The number of rotatable bonds is 6. The van der Waals surface area contributed by atoms with Gasteiger partial charge in [-0.2, -0.15) is 4.37 Å². The molecule has 92 valence electrons. The highest BCUT2D eigenvalue weighted by Gasteiger charge is 2.11. The number of hydrogen-bond acceptors (Lipinski definition) is 4. The summed E-state index contributed by atoms with van der Waals surface area (Å²) in [6.45, 7) is 11.0. The maximum atomic E-state index is 4.48. The molecule has 0 saturated carbocycles. The normalized spacial score (nSPS) is 15.1. The van der Waals surface area contributed by atoms with Crippen LogP contribution in [0.5, 0.6) is 0 Å². The summed E-state index contributed by atoms with van der Waals surface area (Å²) < 4.78 is 4.34. The van der Waals surface area contributed by atoms with Gasteiger partial charge in [0, 0.05) is 23.5 Å². The van der Waals surface area contributed by atoms with E-state index in [0.29, 0.717) is 12.0 Å². The van der Waals surface area contributed by atoms with Gasteiger partial charge in [0.15, 0.2) is 0 Å². The molecular formula is C12H23N3S. The Balaban J connectivity index is 2.46. The van der Waals surface area contributed by atoms with Crippen molar-refractivity contribution in [2.45, 2.75) is 59.4 Å². The van der Waals surface area contributed by atoms with Gasteiger partial charge in [0.1, 0.15) is 5.82 Å². The Labute approximate surface area is 103 Å². The smallest absolute Gasteiger partial charge is 0.202 e. The fourth-order valence-electron chi connectivity index (χ4n) is 1.57. The SMILES string of the molecule is CCC(C)CC(C)Nc1nc(C(C)C)ns1. The Kier molecular flexibility index (Phi) is 5.19. The van der Waals surface area contributed by atoms with Gasteiger partial charge in [-0.15, -0.1) is 0 Å². The van der Waals surface area contributed by atoms with Gasteiger partial charge in [0.05, 0.1) is 0 Å². The zero-order chi connectivity index (χ0) is 12.1. The van der Waals surface area contributed by atoms with Crippen LogP contribution in [-0.2, 0) is 0 Å². The van der Waals surface area contributed by atoms with Crippen molar-refractivity contribution in [3.63, 3.8) is 0 Å². The first-order chi connectivity index (χ1) is 7.52. The molecule has 0 aliphatic carbocycles. The molecule has 1 heterocycles. The lowest BCUT2D eigenvalue weighted by Gasteiger charge is -2.16. The fourth-order valence-corrected chi connectivity index (χ4v) is 2.39. The highest BCUT2D eigenvalue weighted by molar-refractivity contribution is 7.09. The maximum Gasteiger partial charge on any atom is 0.202 e. The number of nitrogens with one attached hydrogen (secondary N) is 1. The van der Waals surface area contributed by atoms with E-state index in [1.165, 1.54) is 24.4 Å². The number of aromatic nitrogens is 2. The molecule has 2 atom stereocenters. The topological polar surface area (TPSA) is 37.8 Å². The largest absolute Gasteiger partial charge is 0.358 e. The van der Waals surface area contributed by atoms with Gasteiger partial charge in [-0.05, 0) is 19.3 Å². The van der Waals surface area contributed by atoms with E-state index in [-0.39, 0.29) is 0 Å². The van der Waals surface area contributed by atoms with E-state index in [1.54, 1.807) is 0 Å². The van der Waals surface area contributed by atoms with Gasteiger partial charge in [-0.25, -0.2) is 4.98 Å². The van der Waals surface area contributed by atoms with Crippen LogP contribution in [0.4, 0.5) is 5.13 Å². The third-order valence-corrected chi connectivity index (χ3v) is 3.44. The van der Waals surface area contributed by atoms with Crippen LogP contribution in [0.15, 0.2) is 0 Å². The van der Waals surface area contributed by atoms with Crippen LogP contribution in [0.2, 0.25) is 0 Å². The summed E-state index contributed by atoms with van der Waals surface area (Å²) >= 11 is 1.47. The Bertz CT molecular complexity index is 309. The molecule has 0 aliphatic heterocycles. The number of hydrogen-bond donors (Lipinski definition) is 1. The second kappa shape index (κ2) is 6.18. The van der Waals surface area contributed by atoms with E-state index in [2.05, 4.69) is 49.3 Å². The molecule has 0 radical (unpaired) electrons. The molecule has 2 unspecified atom stereocenters. The van der Waals surface area contributed by atoms with Crippen molar-refractivity contribution in [1.82, 2.24) is 9.36 Å². The molecule has 1 aromatic heterocycles. The summed E-state index contributed by atoms with van der Waals surface area (Å²) in [6, 6.07) is 0.475. The van der Waals surface area contributed by atoms with Crippen LogP contribution < -0.4 is 5.32 Å². The van der Waals surface area contributed by atoms with Crippen molar-refractivity contribution in [1.29, 1.82) is 0 Å². The van der Waals surface area contributed by atoms with Gasteiger partial charge < -0.3 is 5.32 Å². The minimum atomic E-state index is 0.414. The van der Waals surface area contributed by atoms with Gasteiger partial charge in [0.2, 0.25) is 5.13 Å². The zero-order valence-electron chi connectivity index (χ0n) is 10.9. The Hall–Kier alpha value is -0.640. The lowest BCUT2D eigenvalue weighted by Crippen LogP contribution is -2.18. The van der Waals surface area contributed by atoms with E-state index < -0.39 is 0 Å². The van der Waals surface area contributed by atoms with Gasteiger partial charge in [-0.1, -0.05) is 34.1 Å². The van der Waals surface area contributed by atoms with Crippen molar-refractivity contribution < 1.29 is 0 Å². The lowest BCUT2D eigenvalue weighted by molar-refractivity contribution is 0.483. The second-order valence-corrected chi connectivity index (χ2v) is 5.66. The van der Waals surface area contributed by atoms with Crippen LogP contribution in [0, 0.1) is 5.92 Å². The Morgan fingerprint density at radius 3 is 2.44 bits per heavy atom. The molecule has 1 aromatic rings. The van der Waals surface area contributed by atoms with Crippen LogP contribution in [-0.4, -0.2) is 15.4 Å². The molecule has 0 bridgehead atoms. The molecule has 4 heteroatoms. The molecule has 0 aliphatic rings. The molecule has 0 fully saturated rings. The molecule has 0 saturated heterocycles. The van der Waals surface area contributed by atoms with Crippen LogP contribution in [0.25, 0.3) is 0 Å². The van der Waals surface area contributed by atoms with Crippen molar-refractivity contribution in [3.05, 3.63) is 5.82 Å². The third kappa shape index (κ3) is 4.08. The molecular weight excluding hydrogens is 218 g/mol. The summed E-state index contributed by atoms with van der Waals surface area (Å²) in [5, 5.41) is 4.39. The fraction of sp³-hybridized carbons (Fsp3) is 0.833.